The van der Waals surface area contributed by atoms with Gasteiger partial charge in [0, 0.05) is 17.5 Å². The van der Waals surface area contributed by atoms with Gasteiger partial charge in [0.1, 0.15) is 11.4 Å². The Hall–Kier alpha value is -2.02. The molecule has 1 aromatic carbocycles. The summed E-state index contributed by atoms with van der Waals surface area (Å²) in [6.45, 7) is 7.18. The van der Waals surface area contributed by atoms with Crippen LogP contribution in [-0.4, -0.2) is 24.1 Å². The van der Waals surface area contributed by atoms with Gasteiger partial charge in [0.25, 0.3) is 5.69 Å². The number of rotatable bonds is 7. The van der Waals surface area contributed by atoms with Crippen molar-refractivity contribution in [3.05, 3.63) is 51.3 Å². The molecular formula is C17H22NO7P. The van der Waals surface area contributed by atoms with Crippen molar-refractivity contribution in [2.45, 2.75) is 33.8 Å². The van der Waals surface area contributed by atoms with Gasteiger partial charge in [-0.15, -0.1) is 0 Å². The first-order chi connectivity index (χ1) is 12.1. The third-order valence-electron chi connectivity index (χ3n) is 3.92. The summed E-state index contributed by atoms with van der Waals surface area (Å²) in [6, 6.07) is 5.79. The van der Waals surface area contributed by atoms with Crippen LogP contribution in [0, 0.1) is 15.5 Å². The van der Waals surface area contributed by atoms with Crippen LogP contribution in [0.25, 0.3) is 0 Å². The van der Waals surface area contributed by atoms with Crippen molar-refractivity contribution < 1.29 is 28.1 Å². The second kappa shape index (κ2) is 7.70. The van der Waals surface area contributed by atoms with Crippen LogP contribution in [0.3, 0.4) is 0 Å². The molecule has 0 N–H and O–H groups in total. The minimum Gasteiger partial charge on any atom is -0.453 e. The number of nitrogens with zero attached hydrogens (tertiary/aromatic N) is 1. The molecule has 26 heavy (non-hydrogen) atoms. The van der Waals surface area contributed by atoms with Crippen LogP contribution in [0.15, 0.2) is 35.7 Å². The zero-order valence-electron chi connectivity index (χ0n) is 15.1. The Morgan fingerprint density at radius 2 is 1.73 bits per heavy atom. The fourth-order valence-electron chi connectivity index (χ4n) is 2.78. The van der Waals surface area contributed by atoms with Crippen molar-refractivity contribution in [3.63, 3.8) is 0 Å². The summed E-state index contributed by atoms with van der Waals surface area (Å²) in [5, 5.41) is 10.7. The van der Waals surface area contributed by atoms with E-state index in [9.17, 15) is 19.5 Å². The topological polar surface area (TPSA) is 105 Å². The number of hydrogen-bond acceptors (Lipinski definition) is 7. The van der Waals surface area contributed by atoms with Gasteiger partial charge in [-0.25, -0.2) is 4.79 Å². The maximum absolute atomic E-state index is 12.9. The quantitative estimate of drug-likeness (QED) is 0.298. The predicted octanol–water partition coefficient (Wildman–Crippen LogP) is 4.37. The SMILES string of the molecule is CCOP(=O)(OCC)C1=CC(C)(C)[C@H](c2ccc([N+](=O)[O-])cc2)OC1=O. The molecule has 0 unspecified atom stereocenters. The summed E-state index contributed by atoms with van der Waals surface area (Å²) in [6.07, 6.45) is 0.869. The van der Waals surface area contributed by atoms with Gasteiger partial charge in [-0.3, -0.25) is 14.7 Å². The van der Waals surface area contributed by atoms with Crippen molar-refractivity contribution in [2.24, 2.45) is 5.41 Å². The molecule has 1 aliphatic heterocycles. The van der Waals surface area contributed by atoms with E-state index in [-0.39, 0.29) is 24.2 Å². The van der Waals surface area contributed by atoms with E-state index in [0.717, 1.165) is 0 Å². The average molecular weight is 383 g/mol. The Labute approximate surface area is 151 Å². The fourth-order valence-corrected chi connectivity index (χ4v) is 4.58. The van der Waals surface area contributed by atoms with E-state index < -0.39 is 30.0 Å². The van der Waals surface area contributed by atoms with E-state index in [2.05, 4.69) is 0 Å². The molecule has 1 aliphatic rings. The molecular weight excluding hydrogens is 361 g/mol. The Morgan fingerprint density at radius 1 is 1.19 bits per heavy atom. The molecule has 0 amide bonds. The lowest BCUT2D eigenvalue weighted by atomic mass is 9.81. The molecule has 9 heteroatoms. The Kier molecular flexibility index (Phi) is 6.01. The first-order valence-electron chi connectivity index (χ1n) is 8.22. The van der Waals surface area contributed by atoms with Crippen LogP contribution in [0.2, 0.25) is 0 Å². The van der Waals surface area contributed by atoms with Crippen molar-refractivity contribution in [1.82, 2.24) is 0 Å². The van der Waals surface area contributed by atoms with E-state index in [1.165, 1.54) is 12.1 Å². The molecule has 142 valence electrons. The van der Waals surface area contributed by atoms with Gasteiger partial charge in [0.15, 0.2) is 0 Å². The minimum absolute atomic E-state index is 0.0536. The summed E-state index contributed by atoms with van der Waals surface area (Å²) >= 11 is 0. The second-order valence-electron chi connectivity index (χ2n) is 6.32. The maximum atomic E-state index is 12.9. The number of non-ortho nitro benzene ring substituents is 1. The molecule has 0 bridgehead atoms. The van der Waals surface area contributed by atoms with Crippen molar-refractivity contribution in [1.29, 1.82) is 0 Å². The normalized spacial score (nSPS) is 19.6. The van der Waals surface area contributed by atoms with Gasteiger partial charge >= 0.3 is 13.6 Å². The number of cyclic esters (lactones) is 1. The number of nitro groups is 1. The molecule has 2 rings (SSSR count). The van der Waals surface area contributed by atoms with Crippen LogP contribution >= 0.6 is 7.60 Å². The Bertz CT molecular complexity index is 760. The standard InChI is InChI=1S/C17H22NO7P/c1-5-23-26(22,24-6-2)14-11-17(3,4)15(25-16(14)19)12-7-9-13(10-8-12)18(20)21/h7-11,15H,5-6H2,1-4H3/t15-/m0/s1. The number of ether oxygens (including phenoxy) is 1. The number of nitro benzene ring substituents is 1. The highest BCUT2D eigenvalue weighted by Gasteiger charge is 2.46. The van der Waals surface area contributed by atoms with Gasteiger partial charge in [0.2, 0.25) is 0 Å². The van der Waals surface area contributed by atoms with E-state index in [1.807, 2.05) is 13.8 Å². The zero-order chi connectivity index (χ0) is 19.5. The highest BCUT2D eigenvalue weighted by atomic mass is 31.2. The van der Waals surface area contributed by atoms with Crippen LogP contribution in [0.1, 0.15) is 39.4 Å². The first kappa shape index (κ1) is 20.3. The third-order valence-corrected chi connectivity index (χ3v) is 6.02. The molecule has 1 atom stereocenters. The molecule has 0 aromatic heterocycles. The van der Waals surface area contributed by atoms with E-state index >= 15 is 0 Å². The zero-order valence-corrected chi connectivity index (χ0v) is 16.0. The lowest BCUT2D eigenvalue weighted by molar-refractivity contribution is -0.384. The van der Waals surface area contributed by atoms with Crippen LogP contribution < -0.4 is 0 Å². The van der Waals surface area contributed by atoms with Crippen molar-refractivity contribution in [2.75, 3.05) is 13.2 Å². The highest BCUT2D eigenvalue weighted by molar-refractivity contribution is 7.59. The minimum atomic E-state index is -3.77. The van der Waals surface area contributed by atoms with Crippen LogP contribution in [-0.2, 0) is 23.1 Å². The molecule has 1 aromatic rings. The summed E-state index contributed by atoms with van der Waals surface area (Å²) < 4.78 is 29.0. The summed E-state index contributed by atoms with van der Waals surface area (Å²) in [7, 11) is -3.77. The van der Waals surface area contributed by atoms with Crippen LogP contribution in [0.4, 0.5) is 5.69 Å². The third kappa shape index (κ3) is 4.03. The van der Waals surface area contributed by atoms with E-state index in [1.54, 1.807) is 32.1 Å². The van der Waals surface area contributed by atoms with Gasteiger partial charge in [-0.05, 0) is 31.5 Å². The molecule has 8 nitrogen and oxygen atoms in total. The van der Waals surface area contributed by atoms with E-state index in [0.29, 0.717) is 5.56 Å². The number of esters is 1. The van der Waals surface area contributed by atoms with Crippen LogP contribution in [0.5, 0.6) is 0 Å². The fraction of sp³-hybridized carbons (Fsp3) is 0.471. The summed E-state index contributed by atoms with van der Waals surface area (Å²) in [4.78, 5) is 22.8. The largest absolute Gasteiger partial charge is 0.453 e. The Balaban J connectivity index is 2.41. The van der Waals surface area contributed by atoms with Gasteiger partial charge in [-0.2, -0.15) is 0 Å². The van der Waals surface area contributed by atoms with E-state index in [4.69, 9.17) is 13.8 Å². The molecule has 0 aliphatic carbocycles. The second-order valence-corrected chi connectivity index (χ2v) is 8.31. The van der Waals surface area contributed by atoms with Gasteiger partial charge < -0.3 is 13.8 Å². The molecule has 0 saturated heterocycles. The highest BCUT2D eigenvalue weighted by Crippen LogP contribution is 2.60. The van der Waals surface area contributed by atoms with Crippen molar-refractivity contribution >= 4 is 19.3 Å². The lowest BCUT2D eigenvalue weighted by Gasteiger charge is -2.37. The predicted molar refractivity (Wildman–Crippen MR) is 94.7 cm³/mol. The molecule has 0 radical (unpaired) electrons. The number of hydrogen-bond donors (Lipinski definition) is 0. The van der Waals surface area contributed by atoms with Gasteiger partial charge in [-0.1, -0.05) is 19.9 Å². The molecule has 1 heterocycles. The monoisotopic (exact) mass is 383 g/mol. The summed E-state index contributed by atoms with van der Waals surface area (Å²) in [5.41, 5.74) is -0.169. The number of benzene rings is 1. The number of carbonyl (C=O) groups excluding carboxylic acids is 1. The smallest absolute Gasteiger partial charge is 0.368 e. The first-order valence-corrected chi connectivity index (χ1v) is 9.76. The molecule has 0 spiro atoms. The maximum Gasteiger partial charge on any atom is 0.368 e. The lowest BCUT2D eigenvalue weighted by Crippen LogP contribution is -2.32. The molecule has 0 fully saturated rings. The van der Waals surface area contributed by atoms with Crippen molar-refractivity contribution in [3.8, 4) is 0 Å². The molecule has 0 saturated carbocycles. The number of carbonyl (C=O) groups is 1. The summed E-state index contributed by atoms with van der Waals surface area (Å²) in [5.74, 6) is -0.780. The average Bonchev–Trinajstić information content (AvgIpc) is 2.57. The van der Waals surface area contributed by atoms with Gasteiger partial charge in [0.05, 0.1) is 18.1 Å². The Morgan fingerprint density at radius 3 is 2.19 bits per heavy atom.